The SMILES string of the molecule is C[Si](C)(C)C1=CCC=C([Si](C)(C)C)O1. The Hall–Kier alpha value is -0.286. The fraction of sp³-hybridized carbons (Fsp3) is 0.636. The zero-order valence-corrected chi connectivity index (χ0v) is 12.3. The zero-order valence-electron chi connectivity index (χ0n) is 10.3. The van der Waals surface area contributed by atoms with Crippen LogP contribution in [0.25, 0.3) is 0 Å². The van der Waals surface area contributed by atoms with E-state index in [1.807, 2.05) is 0 Å². The van der Waals surface area contributed by atoms with Crippen molar-refractivity contribution < 1.29 is 4.74 Å². The molecule has 1 aliphatic heterocycles. The Kier molecular flexibility index (Phi) is 3.12. The summed E-state index contributed by atoms with van der Waals surface area (Å²) < 4.78 is 6.06. The van der Waals surface area contributed by atoms with Gasteiger partial charge in [-0.15, -0.1) is 0 Å². The van der Waals surface area contributed by atoms with Gasteiger partial charge in [-0.1, -0.05) is 39.3 Å². The summed E-state index contributed by atoms with van der Waals surface area (Å²) in [5.74, 6) is 0. The summed E-state index contributed by atoms with van der Waals surface area (Å²) in [6.07, 6.45) is 5.59. The second-order valence-electron chi connectivity index (χ2n) is 5.97. The molecular formula is C11H22OSi2. The molecule has 1 rings (SSSR count). The van der Waals surface area contributed by atoms with Crippen molar-refractivity contribution in [1.82, 2.24) is 0 Å². The summed E-state index contributed by atoms with van der Waals surface area (Å²) in [7, 11) is -2.51. The van der Waals surface area contributed by atoms with Gasteiger partial charge in [0.2, 0.25) is 0 Å². The largest absolute Gasteiger partial charge is 0.477 e. The molecule has 0 spiro atoms. The van der Waals surface area contributed by atoms with E-state index >= 15 is 0 Å². The molecule has 0 saturated carbocycles. The van der Waals surface area contributed by atoms with Gasteiger partial charge in [-0.2, -0.15) is 0 Å². The lowest BCUT2D eigenvalue weighted by Crippen LogP contribution is -2.33. The van der Waals surface area contributed by atoms with E-state index in [1.165, 1.54) is 10.8 Å². The first-order valence-electron chi connectivity index (χ1n) is 5.30. The third-order valence-electron chi connectivity index (χ3n) is 2.30. The molecule has 0 aromatic heterocycles. The molecule has 80 valence electrons. The molecule has 0 fully saturated rings. The van der Waals surface area contributed by atoms with Crippen LogP contribution in [0.15, 0.2) is 22.9 Å². The number of allylic oxidation sites excluding steroid dienone is 2. The van der Waals surface area contributed by atoms with E-state index in [2.05, 4.69) is 51.4 Å². The quantitative estimate of drug-likeness (QED) is 0.648. The number of hydrogen-bond acceptors (Lipinski definition) is 1. The average molecular weight is 226 g/mol. The standard InChI is InChI=1S/C11H22OSi2/c1-13(2,3)10-8-7-9-11(12-10)14(4,5)6/h8-9H,7H2,1-6H3. The molecular weight excluding hydrogens is 204 g/mol. The summed E-state index contributed by atoms with van der Waals surface area (Å²) in [5, 5.41) is 2.55. The minimum atomic E-state index is -1.26. The molecule has 1 aliphatic rings. The minimum Gasteiger partial charge on any atom is -0.477 e. The van der Waals surface area contributed by atoms with Crippen molar-refractivity contribution in [2.45, 2.75) is 45.7 Å². The fourth-order valence-corrected chi connectivity index (χ4v) is 3.79. The zero-order chi connectivity index (χ0) is 11.0. The second kappa shape index (κ2) is 3.70. The minimum absolute atomic E-state index is 1.07. The van der Waals surface area contributed by atoms with Crippen LogP contribution >= 0.6 is 0 Å². The molecule has 1 nitrogen and oxygen atoms in total. The fourth-order valence-electron chi connectivity index (χ4n) is 1.39. The van der Waals surface area contributed by atoms with Gasteiger partial charge in [-0.3, -0.25) is 0 Å². The van der Waals surface area contributed by atoms with Gasteiger partial charge in [0.15, 0.2) is 0 Å². The Bertz CT molecular complexity index is 249. The molecule has 0 bridgehead atoms. The van der Waals surface area contributed by atoms with Crippen molar-refractivity contribution in [2.75, 3.05) is 0 Å². The van der Waals surface area contributed by atoms with Crippen LogP contribution in [0, 0.1) is 0 Å². The van der Waals surface area contributed by atoms with Crippen LogP contribution in [0.4, 0.5) is 0 Å². The summed E-state index contributed by atoms with van der Waals surface area (Å²) in [4.78, 5) is 0. The Labute approximate surface area is 89.9 Å². The van der Waals surface area contributed by atoms with Crippen LogP contribution in [-0.4, -0.2) is 16.1 Å². The van der Waals surface area contributed by atoms with Gasteiger partial charge in [-0.05, 0) is 18.6 Å². The summed E-state index contributed by atoms with van der Waals surface area (Å²) in [5.41, 5.74) is 0. The van der Waals surface area contributed by atoms with Gasteiger partial charge in [-0.25, -0.2) is 0 Å². The number of hydrogen-bond donors (Lipinski definition) is 0. The average Bonchev–Trinajstić information content (AvgIpc) is 2.01. The Morgan fingerprint density at radius 2 is 1.21 bits per heavy atom. The summed E-state index contributed by atoms with van der Waals surface area (Å²) in [6, 6.07) is 0. The highest BCUT2D eigenvalue weighted by Crippen LogP contribution is 2.28. The van der Waals surface area contributed by atoms with E-state index in [1.54, 1.807) is 0 Å². The molecule has 14 heavy (non-hydrogen) atoms. The van der Waals surface area contributed by atoms with Crippen molar-refractivity contribution in [3.8, 4) is 0 Å². The molecule has 0 saturated heterocycles. The van der Waals surface area contributed by atoms with Crippen molar-refractivity contribution in [2.24, 2.45) is 0 Å². The van der Waals surface area contributed by atoms with Gasteiger partial charge < -0.3 is 4.74 Å². The molecule has 0 amide bonds. The van der Waals surface area contributed by atoms with E-state index in [-0.39, 0.29) is 0 Å². The molecule has 0 atom stereocenters. The maximum Gasteiger partial charge on any atom is 0.122 e. The smallest absolute Gasteiger partial charge is 0.122 e. The van der Waals surface area contributed by atoms with Crippen LogP contribution in [0.5, 0.6) is 0 Å². The van der Waals surface area contributed by atoms with Gasteiger partial charge in [0.25, 0.3) is 0 Å². The highest BCUT2D eigenvalue weighted by atomic mass is 28.3. The Morgan fingerprint density at radius 1 is 0.857 bits per heavy atom. The van der Waals surface area contributed by atoms with Crippen molar-refractivity contribution in [3.05, 3.63) is 22.9 Å². The van der Waals surface area contributed by atoms with E-state index in [4.69, 9.17) is 4.74 Å². The molecule has 0 N–H and O–H groups in total. The maximum absolute atomic E-state index is 6.06. The van der Waals surface area contributed by atoms with Crippen molar-refractivity contribution in [1.29, 1.82) is 0 Å². The van der Waals surface area contributed by atoms with E-state index < -0.39 is 16.1 Å². The predicted molar refractivity (Wildman–Crippen MR) is 68.6 cm³/mol. The molecule has 3 heteroatoms. The highest BCUT2D eigenvalue weighted by Gasteiger charge is 2.29. The maximum atomic E-state index is 6.06. The molecule has 0 aromatic rings. The Morgan fingerprint density at radius 3 is 1.50 bits per heavy atom. The third kappa shape index (κ3) is 2.85. The first kappa shape index (κ1) is 11.8. The molecule has 0 aromatic carbocycles. The number of ether oxygens (including phenoxy) is 1. The molecule has 0 unspecified atom stereocenters. The van der Waals surface area contributed by atoms with Crippen LogP contribution in [0.1, 0.15) is 6.42 Å². The molecule has 1 heterocycles. The van der Waals surface area contributed by atoms with Crippen molar-refractivity contribution >= 4 is 16.1 Å². The highest BCUT2D eigenvalue weighted by molar-refractivity contribution is 6.84. The summed E-state index contributed by atoms with van der Waals surface area (Å²) >= 11 is 0. The predicted octanol–water partition coefficient (Wildman–Crippen LogP) is 3.93. The van der Waals surface area contributed by atoms with Crippen LogP contribution in [0.3, 0.4) is 0 Å². The van der Waals surface area contributed by atoms with Crippen LogP contribution in [-0.2, 0) is 4.74 Å². The normalized spacial score (nSPS) is 18.4. The van der Waals surface area contributed by atoms with Crippen LogP contribution in [0.2, 0.25) is 39.3 Å². The van der Waals surface area contributed by atoms with Gasteiger partial charge in [0.1, 0.15) is 16.1 Å². The van der Waals surface area contributed by atoms with Gasteiger partial charge in [0, 0.05) is 0 Å². The van der Waals surface area contributed by atoms with Crippen molar-refractivity contribution in [3.63, 3.8) is 0 Å². The van der Waals surface area contributed by atoms with Crippen LogP contribution < -0.4 is 0 Å². The topological polar surface area (TPSA) is 9.23 Å². The lowest BCUT2D eigenvalue weighted by molar-refractivity contribution is 0.346. The first-order chi connectivity index (χ1) is 6.21. The monoisotopic (exact) mass is 226 g/mol. The lowest BCUT2D eigenvalue weighted by Gasteiger charge is -2.30. The Balaban J connectivity index is 2.79. The second-order valence-corrected chi connectivity index (χ2v) is 16.0. The van der Waals surface area contributed by atoms with Gasteiger partial charge in [0.05, 0.1) is 10.8 Å². The van der Waals surface area contributed by atoms with E-state index in [0.717, 1.165) is 6.42 Å². The lowest BCUT2D eigenvalue weighted by atomic mass is 10.4. The molecule has 0 aliphatic carbocycles. The van der Waals surface area contributed by atoms with E-state index in [0.29, 0.717) is 0 Å². The molecule has 0 radical (unpaired) electrons. The third-order valence-corrected chi connectivity index (χ3v) is 5.87. The van der Waals surface area contributed by atoms with Gasteiger partial charge >= 0.3 is 0 Å². The van der Waals surface area contributed by atoms with E-state index in [9.17, 15) is 0 Å². The summed E-state index contributed by atoms with van der Waals surface area (Å²) in [6.45, 7) is 14.0. The number of rotatable bonds is 2. The first-order valence-corrected chi connectivity index (χ1v) is 12.3.